The normalized spacial score (nSPS) is 16.5. The number of phenolic OH excluding ortho intramolecular Hbond substituents is 1. The van der Waals surface area contributed by atoms with Crippen molar-refractivity contribution in [2.24, 2.45) is 0 Å². The fourth-order valence-corrected chi connectivity index (χ4v) is 2.74. The van der Waals surface area contributed by atoms with Crippen LogP contribution in [0.5, 0.6) is 5.75 Å². The minimum atomic E-state index is -0.711. The van der Waals surface area contributed by atoms with Crippen molar-refractivity contribution in [1.82, 2.24) is 15.1 Å². The summed E-state index contributed by atoms with van der Waals surface area (Å²) in [5.41, 5.74) is -0.288. The number of anilines is 1. The quantitative estimate of drug-likeness (QED) is 0.752. The zero-order valence-electron chi connectivity index (χ0n) is 12.0. The van der Waals surface area contributed by atoms with Crippen LogP contribution in [-0.4, -0.2) is 33.9 Å². The number of hydrogen-bond donors (Lipinski definition) is 3. The van der Waals surface area contributed by atoms with Gasteiger partial charge >= 0.3 is 0 Å². The van der Waals surface area contributed by atoms with E-state index in [0.717, 1.165) is 13.1 Å². The molecule has 0 atom stereocenters. The zero-order chi connectivity index (χ0) is 14.7. The Morgan fingerprint density at radius 2 is 2.00 bits per heavy atom. The van der Waals surface area contributed by atoms with Crippen molar-refractivity contribution in [3.8, 4) is 5.75 Å². The van der Waals surface area contributed by atoms with Crippen LogP contribution in [0.2, 0.25) is 0 Å². The standard InChI is InChI=1S/C15H18N4O2.ClH/c20-13-5-2-1-4-12(13)18-14(21)15(6-9-16-10-7-15)19-11-3-8-17-19;/h1-5,8,11,16,20H,6-7,9-10H2,(H,18,21);1H. The van der Waals surface area contributed by atoms with Crippen LogP contribution in [0.3, 0.4) is 0 Å². The van der Waals surface area contributed by atoms with E-state index in [2.05, 4.69) is 15.7 Å². The summed E-state index contributed by atoms with van der Waals surface area (Å²) in [6.07, 6.45) is 4.81. The first-order valence-electron chi connectivity index (χ1n) is 7.03. The summed E-state index contributed by atoms with van der Waals surface area (Å²) in [5.74, 6) is -0.0791. The predicted molar refractivity (Wildman–Crippen MR) is 86.3 cm³/mol. The van der Waals surface area contributed by atoms with E-state index in [9.17, 15) is 9.90 Å². The molecule has 2 heterocycles. The SMILES string of the molecule is Cl.O=C(Nc1ccccc1O)C1(n2cccn2)CCNCC1. The Morgan fingerprint density at radius 3 is 2.64 bits per heavy atom. The highest BCUT2D eigenvalue weighted by Crippen LogP contribution is 2.30. The Morgan fingerprint density at radius 1 is 1.27 bits per heavy atom. The van der Waals surface area contributed by atoms with Crippen LogP contribution in [0.4, 0.5) is 5.69 Å². The van der Waals surface area contributed by atoms with Gasteiger partial charge in [-0.15, -0.1) is 12.4 Å². The van der Waals surface area contributed by atoms with E-state index in [1.54, 1.807) is 35.1 Å². The van der Waals surface area contributed by atoms with Gasteiger partial charge in [0.25, 0.3) is 5.91 Å². The molecule has 1 aliphatic rings. The first-order valence-corrected chi connectivity index (χ1v) is 7.03. The van der Waals surface area contributed by atoms with Crippen molar-refractivity contribution in [3.05, 3.63) is 42.7 Å². The maximum atomic E-state index is 12.8. The van der Waals surface area contributed by atoms with E-state index in [1.807, 2.05) is 12.3 Å². The largest absolute Gasteiger partial charge is 0.506 e. The average Bonchev–Trinajstić information content (AvgIpc) is 3.05. The van der Waals surface area contributed by atoms with E-state index >= 15 is 0 Å². The second kappa shape index (κ2) is 6.81. The molecule has 0 radical (unpaired) electrons. The highest BCUT2D eigenvalue weighted by Gasteiger charge is 2.42. The predicted octanol–water partition coefficient (Wildman–Crippen LogP) is 1.73. The summed E-state index contributed by atoms with van der Waals surface area (Å²) in [5, 5.41) is 20.2. The minimum Gasteiger partial charge on any atom is -0.506 e. The number of carbonyl (C=O) groups excluding carboxylic acids is 1. The number of benzene rings is 1. The summed E-state index contributed by atoms with van der Waals surface area (Å²) in [6, 6.07) is 8.55. The third-order valence-corrected chi connectivity index (χ3v) is 3.95. The molecule has 1 aromatic carbocycles. The Hall–Kier alpha value is -2.05. The molecule has 1 aliphatic heterocycles. The number of nitrogens with zero attached hydrogens (tertiary/aromatic N) is 2. The van der Waals surface area contributed by atoms with E-state index < -0.39 is 5.54 Å². The lowest BCUT2D eigenvalue weighted by Crippen LogP contribution is -2.52. The first-order chi connectivity index (χ1) is 10.2. The summed E-state index contributed by atoms with van der Waals surface area (Å²) in [6.45, 7) is 1.52. The number of hydrogen-bond acceptors (Lipinski definition) is 4. The van der Waals surface area contributed by atoms with Crippen LogP contribution < -0.4 is 10.6 Å². The lowest BCUT2D eigenvalue weighted by molar-refractivity contribution is -0.126. The second-order valence-electron chi connectivity index (χ2n) is 5.20. The summed E-state index contributed by atoms with van der Waals surface area (Å²) in [7, 11) is 0. The third kappa shape index (κ3) is 2.93. The number of rotatable bonds is 3. The van der Waals surface area contributed by atoms with E-state index in [0.29, 0.717) is 18.5 Å². The monoisotopic (exact) mass is 322 g/mol. The molecule has 0 saturated carbocycles. The number of aromatic nitrogens is 2. The van der Waals surface area contributed by atoms with Gasteiger partial charge in [-0.3, -0.25) is 9.48 Å². The number of nitrogens with one attached hydrogen (secondary N) is 2. The lowest BCUT2D eigenvalue weighted by atomic mass is 9.87. The molecule has 1 fully saturated rings. The van der Waals surface area contributed by atoms with E-state index in [-0.39, 0.29) is 24.1 Å². The summed E-state index contributed by atoms with van der Waals surface area (Å²) in [4.78, 5) is 12.8. The van der Waals surface area contributed by atoms with Crippen LogP contribution >= 0.6 is 12.4 Å². The summed E-state index contributed by atoms with van der Waals surface area (Å²) >= 11 is 0. The number of aromatic hydroxyl groups is 1. The number of para-hydroxylation sites is 2. The van der Waals surface area contributed by atoms with Crippen molar-refractivity contribution < 1.29 is 9.90 Å². The molecule has 6 nitrogen and oxygen atoms in total. The molecule has 0 spiro atoms. The first kappa shape index (κ1) is 16.3. The number of amides is 1. The zero-order valence-corrected chi connectivity index (χ0v) is 12.8. The van der Waals surface area contributed by atoms with Gasteiger partial charge in [-0.05, 0) is 44.1 Å². The smallest absolute Gasteiger partial charge is 0.252 e. The van der Waals surface area contributed by atoms with Crippen LogP contribution in [0.1, 0.15) is 12.8 Å². The molecule has 1 aromatic heterocycles. The summed E-state index contributed by atoms with van der Waals surface area (Å²) < 4.78 is 1.73. The van der Waals surface area contributed by atoms with Crippen molar-refractivity contribution >= 4 is 24.0 Å². The molecule has 22 heavy (non-hydrogen) atoms. The molecule has 3 rings (SSSR count). The molecule has 0 unspecified atom stereocenters. The number of phenols is 1. The average molecular weight is 323 g/mol. The van der Waals surface area contributed by atoms with Crippen molar-refractivity contribution in [2.75, 3.05) is 18.4 Å². The van der Waals surface area contributed by atoms with Crippen LogP contribution in [-0.2, 0) is 10.3 Å². The van der Waals surface area contributed by atoms with Crippen molar-refractivity contribution in [1.29, 1.82) is 0 Å². The van der Waals surface area contributed by atoms with Gasteiger partial charge in [0, 0.05) is 12.4 Å². The maximum Gasteiger partial charge on any atom is 0.252 e. The van der Waals surface area contributed by atoms with E-state index in [1.165, 1.54) is 0 Å². The van der Waals surface area contributed by atoms with Crippen LogP contribution in [0.25, 0.3) is 0 Å². The molecule has 1 amide bonds. The van der Waals surface area contributed by atoms with Gasteiger partial charge in [0.2, 0.25) is 0 Å². The number of carbonyl (C=O) groups is 1. The molecular formula is C15H19ClN4O2. The van der Waals surface area contributed by atoms with Gasteiger partial charge in [0.05, 0.1) is 5.69 Å². The Kier molecular flexibility index (Phi) is 5.05. The fraction of sp³-hybridized carbons (Fsp3) is 0.333. The van der Waals surface area contributed by atoms with Crippen molar-refractivity contribution in [3.63, 3.8) is 0 Å². The van der Waals surface area contributed by atoms with Crippen LogP contribution in [0.15, 0.2) is 42.7 Å². The van der Waals surface area contributed by atoms with Gasteiger partial charge in [-0.25, -0.2) is 0 Å². The Balaban J connectivity index is 0.00000176. The molecule has 1 saturated heterocycles. The highest BCUT2D eigenvalue weighted by molar-refractivity contribution is 5.97. The van der Waals surface area contributed by atoms with Crippen LogP contribution in [0, 0.1) is 0 Å². The Bertz CT molecular complexity index is 624. The van der Waals surface area contributed by atoms with Gasteiger partial charge in [0.1, 0.15) is 11.3 Å². The molecular weight excluding hydrogens is 304 g/mol. The lowest BCUT2D eigenvalue weighted by Gasteiger charge is -2.36. The number of piperidine rings is 1. The second-order valence-corrected chi connectivity index (χ2v) is 5.20. The minimum absolute atomic E-state index is 0. The van der Waals surface area contributed by atoms with Gasteiger partial charge in [-0.1, -0.05) is 12.1 Å². The molecule has 3 N–H and O–H groups in total. The van der Waals surface area contributed by atoms with Crippen molar-refractivity contribution in [2.45, 2.75) is 18.4 Å². The molecule has 7 heteroatoms. The molecule has 2 aromatic rings. The highest BCUT2D eigenvalue weighted by atomic mass is 35.5. The number of halogens is 1. The molecule has 118 valence electrons. The molecule has 0 bridgehead atoms. The maximum absolute atomic E-state index is 12.8. The molecule has 0 aliphatic carbocycles. The third-order valence-electron chi connectivity index (χ3n) is 3.95. The van der Waals surface area contributed by atoms with Gasteiger partial charge in [0.15, 0.2) is 0 Å². The van der Waals surface area contributed by atoms with Gasteiger partial charge in [-0.2, -0.15) is 5.10 Å². The van der Waals surface area contributed by atoms with Gasteiger partial charge < -0.3 is 15.7 Å². The Labute approximate surface area is 134 Å². The van der Waals surface area contributed by atoms with E-state index in [4.69, 9.17) is 0 Å². The topological polar surface area (TPSA) is 79.2 Å². The fourth-order valence-electron chi connectivity index (χ4n) is 2.74.